The molecule has 2 saturated carbocycles. The van der Waals surface area contributed by atoms with Gasteiger partial charge in [-0.3, -0.25) is 4.79 Å². The SMILES string of the molecule is CC(C)CC(=O)O[C@@H]1C[C@@H]2CC[C@@]1(C)C2(C)C. The molecule has 2 aliphatic carbocycles. The molecule has 0 aromatic heterocycles. The fourth-order valence-electron chi connectivity index (χ4n) is 3.85. The number of fused-ring (bicyclic) bond motifs is 2. The van der Waals surface area contributed by atoms with Crippen LogP contribution in [0.25, 0.3) is 0 Å². The summed E-state index contributed by atoms with van der Waals surface area (Å²) < 4.78 is 5.76. The van der Waals surface area contributed by atoms with E-state index in [-0.39, 0.29) is 17.5 Å². The van der Waals surface area contributed by atoms with Crippen molar-refractivity contribution in [2.24, 2.45) is 22.7 Å². The zero-order chi connectivity index (χ0) is 12.8. The van der Waals surface area contributed by atoms with Crippen molar-refractivity contribution in [3.05, 3.63) is 0 Å². The molecular formula is C15H26O2. The summed E-state index contributed by atoms with van der Waals surface area (Å²) in [6.45, 7) is 11.1. The number of carbonyl (C=O) groups is 1. The maximum absolute atomic E-state index is 11.8. The van der Waals surface area contributed by atoms with Crippen LogP contribution in [0.1, 0.15) is 60.3 Å². The van der Waals surface area contributed by atoms with Gasteiger partial charge in [0.05, 0.1) is 0 Å². The van der Waals surface area contributed by atoms with E-state index < -0.39 is 0 Å². The van der Waals surface area contributed by atoms with E-state index in [4.69, 9.17) is 4.74 Å². The molecule has 0 amide bonds. The highest BCUT2D eigenvalue weighted by atomic mass is 16.5. The molecule has 0 saturated heterocycles. The van der Waals surface area contributed by atoms with Gasteiger partial charge in [0, 0.05) is 11.8 Å². The molecule has 0 radical (unpaired) electrons. The Labute approximate surface area is 105 Å². The van der Waals surface area contributed by atoms with Crippen molar-refractivity contribution in [3.8, 4) is 0 Å². The van der Waals surface area contributed by atoms with Crippen molar-refractivity contribution in [1.82, 2.24) is 0 Å². The van der Waals surface area contributed by atoms with Crippen LogP contribution in [0.3, 0.4) is 0 Å². The van der Waals surface area contributed by atoms with Gasteiger partial charge in [0.1, 0.15) is 6.10 Å². The maximum atomic E-state index is 11.8. The zero-order valence-electron chi connectivity index (χ0n) is 11.9. The minimum absolute atomic E-state index is 0.00502. The molecule has 3 atom stereocenters. The van der Waals surface area contributed by atoms with Crippen molar-refractivity contribution in [2.75, 3.05) is 0 Å². The molecule has 0 heterocycles. The molecule has 2 aliphatic rings. The van der Waals surface area contributed by atoms with Gasteiger partial charge in [-0.25, -0.2) is 0 Å². The zero-order valence-corrected chi connectivity index (χ0v) is 11.9. The normalized spacial score (nSPS) is 38.7. The van der Waals surface area contributed by atoms with E-state index in [1.54, 1.807) is 0 Å². The van der Waals surface area contributed by atoms with Crippen LogP contribution in [0.5, 0.6) is 0 Å². The summed E-state index contributed by atoms with van der Waals surface area (Å²) in [5.41, 5.74) is 0.528. The summed E-state index contributed by atoms with van der Waals surface area (Å²) in [6, 6.07) is 0. The molecule has 2 nitrogen and oxygen atoms in total. The Morgan fingerprint density at radius 3 is 2.41 bits per heavy atom. The van der Waals surface area contributed by atoms with Crippen molar-refractivity contribution in [2.45, 2.75) is 66.4 Å². The van der Waals surface area contributed by atoms with Crippen LogP contribution < -0.4 is 0 Å². The first-order chi connectivity index (χ1) is 7.77. The maximum Gasteiger partial charge on any atom is 0.306 e. The lowest BCUT2D eigenvalue weighted by Gasteiger charge is -2.38. The number of hydrogen-bond acceptors (Lipinski definition) is 2. The van der Waals surface area contributed by atoms with Crippen LogP contribution in [0.4, 0.5) is 0 Å². The number of carbonyl (C=O) groups excluding carboxylic acids is 1. The van der Waals surface area contributed by atoms with Gasteiger partial charge in [-0.15, -0.1) is 0 Å². The number of ether oxygens (including phenoxy) is 1. The van der Waals surface area contributed by atoms with Crippen LogP contribution in [0.15, 0.2) is 0 Å². The Balaban J connectivity index is 2.03. The van der Waals surface area contributed by atoms with Crippen molar-refractivity contribution < 1.29 is 9.53 Å². The first-order valence-corrected chi connectivity index (χ1v) is 6.97. The number of rotatable bonds is 3. The van der Waals surface area contributed by atoms with E-state index in [1.807, 2.05) is 0 Å². The Morgan fingerprint density at radius 1 is 1.35 bits per heavy atom. The quantitative estimate of drug-likeness (QED) is 0.699. The second-order valence-corrected chi connectivity index (χ2v) is 7.19. The van der Waals surface area contributed by atoms with Gasteiger partial charge in [0.15, 0.2) is 0 Å². The first kappa shape index (κ1) is 12.9. The molecule has 0 N–H and O–H groups in total. The summed E-state index contributed by atoms with van der Waals surface area (Å²) in [5.74, 6) is 1.13. The van der Waals surface area contributed by atoms with Crippen molar-refractivity contribution in [1.29, 1.82) is 0 Å². The lowest BCUT2D eigenvalue weighted by molar-refractivity contribution is -0.157. The van der Waals surface area contributed by atoms with Gasteiger partial charge in [-0.05, 0) is 36.5 Å². The monoisotopic (exact) mass is 238 g/mol. The smallest absolute Gasteiger partial charge is 0.306 e. The van der Waals surface area contributed by atoms with Crippen LogP contribution in [-0.4, -0.2) is 12.1 Å². The highest BCUT2D eigenvalue weighted by Crippen LogP contribution is 2.66. The molecule has 0 unspecified atom stereocenters. The van der Waals surface area contributed by atoms with E-state index in [0.29, 0.717) is 17.8 Å². The third kappa shape index (κ3) is 1.90. The molecule has 2 heteroatoms. The lowest BCUT2D eigenvalue weighted by atomic mass is 9.70. The lowest BCUT2D eigenvalue weighted by Crippen LogP contribution is -2.38. The molecule has 2 rings (SSSR count). The fourth-order valence-corrected chi connectivity index (χ4v) is 3.85. The van der Waals surface area contributed by atoms with Gasteiger partial charge in [0.2, 0.25) is 0 Å². The fraction of sp³-hybridized carbons (Fsp3) is 0.933. The number of esters is 1. The summed E-state index contributed by atoms with van der Waals surface area (Å²) in [6.07, 6.45) is 4.30. The highest BCUT2D eigenvalue weighted by molar-refractivity contribution is 5.70. The summed E-state index contributed by atoms with van der Waals surface area (Å²) in [7, 11) is 0. The number of hydrogen-bond donors (Lipinski definition) is 0. The van der Waals surface area contributed by atoms with Gasteiger partial charge < -0.3 is 4.74 Å². The average Bonchev–Trinajstić information content (AvgIpc) is 2.49. The van der Waals surface area contributed by atoms with Crippen molar-refractivity contribution in [3.63, 3.8) is 0 Å². The predicted octanol–water partition coefficient (Wildman–Crippen LogP) is 3.79. The van der Waals surface area contributed by atoms with E-state index in [0.717, 1.165) is 12.3 Å². The minimum Gasteiger partial charge on any atom is -0.462 e. The second kappa shape index (κ2) is 4.00. The van der Waals surface area contributed by atoms with Crippen LogP contribution in [0, 0.1) is 22.7 Å². The van der Waals surface area contributed by atoms with Crippen LogP contribution in [0.2, 0.25) is 0 Å². The highest BCUT2D eigenvalue weighted by Gasteiger charge is 2.62. The van der Waals surface area contributed by atoms with E-state index in [2.05, 4.69) is 34.6 Å². The van der Waals surface area contributed by atoms with E-state index in [9.17, 15) is 4.79 Å². The molecule has 0 aromatic carbocycles. The second-order valence-electron chi connectivity index (χ2n) is 7.19. The van der Waals surface area contributed by atoms with Crippen molar-refractivity contribution >= 4 is 5.97 Å². The standard InChI is InChI=1S/C15H26O2/c1-10(2)8-13(16)17-12-9-11-6-7-15(12,5)14(11,3)4/h10-12H,6-9H2,1-5H3/t11-,12+,15+/m0/s1. The average molecular weight is 238 g/mol. The topological polar surface area (TPSA) is 26.3 Å². The molecule has 17 heavy (non-hydrogen) atoms. The summed E-state index contributed by atoms with van der Waals surface area (Å²) >= 11 is 0. The van der Waals surface area contributed by atoms with E-state index >= 15 is 0 Å². The first-order valence-electron chi connectivity index (χ1n) is 6.97. The van der Waals surface area contributed by atoms with Crippen LogP contribution >= 0.6 is 0 Å². The molecule has 0 aromatic rings. The molecule has 0 aliphatic heterocycles. The van der Waals surface area contributed by atoms with Gasteiger partial charge >= 0.3 is 5.97 Å². The molecule has 2 bridgehead atoms. The summed E-state index contributed by atoms with van der Waals surface area (Å²) in [4.78, 5) is 11.8. The largest absolute Gasteiger partial charge is 0.462 e. The predicted molar refractivity (Wildman–Crippen MR) is 68.6 cm³/mol. The van der Waals surface area contributed by atoms with Gasteiger partial charge in [-0.1, -0.05) is 34.6 Å². The summed E-state index contributed by atoms with van der Waals surface area (Å²) in [5, 5.41) is 0. The van der Waals surface area contributed by atoms with Gasteiger partial charge in [-0.2, -0.15) is 0 Å². The third-order valence-corrected chi connectivity index (χ3v) is 5.56. The Morgan fingerprint density at radius 2 is 2.00 bits per heavy atom. The minimum atomic E-state index is -0.00502. The van der Waals surface area contributed by atoms with Crippen LogP contribution in [-0.2, 0) is 9.53 Å². The molecular weight excluding hydrogens is 212 g/mol. The third-order valence-electron chi connectivity index (χ3n) is 5.56. The van der Waals surface area contributed by atoms with Gasteiger partial charge in [0.25, 0.3) is 0 Å². The molecule has 98 valence electrons. The Bertz CT molecular complexity index is 319. The van der Waals surface area contributed by atoms with E-state index in [1.165, 1.54) is 12.8 Å². The Hall–Kier alpha value is -0.530. The molecule has 0 spiro atoms. The molecule has 2 fully saturated rings. The Kier molecular flexibility index (Phi) is 3.04.